The van der Waals surface area contributed by atoms with Gasteiger partial charge in [0, 0.05) is 17.3 Å². The van der Waals surface area contributed by atoms with E-state index in [4.69, 9.17) is 4.52 Å². The quantitative estimate of drug-likeness (QED) is 0.383. The predicted octanol–water partition coefficient (Wildman–Crippen LogP) is 6.16. The normalized spacial score (nSPS) is 16.0. The average Bonchev–Trinajstić information content (AvgIpc) is 3.31. The molecule has 0 saturated carbocycles. The summed E-state index contributed by atoms with van der Waals surface area (Å²) in [5.74, 6) is -2.30. The minimum Gasteiger partial charge on any atom is -0.334 e. The van der Waals surface area contributed by atoms with Crippen LogP contribution in [-0.4, -0.2) is 16.2 Å². The third-order valence-corrected chi connectivity index (χ3v) is 5.80. The van der Waals surface area contributed by atoms with Gasteiger partial charge in [-0.25, -0.2) is 18.0 Å². The lowest BCUT2D eigenvalue weighted by Gasteiger charge is -2.35. The lowest BCUT2D eigenvalue weighted by Crippen LogP contribution is -2.46. The van der Waals surface area contributed by atoms with Crippen molar-refractivity contribution >= 4 is 17.3 Å². The van der Waals surface area contributed by atoms with Crippen LogP contribution in [0.4, 0.5) is 23.7 Å². The number of anilines is 1. The van der Waals surface area contributed by atoms with Crippen molar-refractivity contribution in [1.29, 1.82) is 0 Å². The molecule has 1 N–H and O–H groups in total. The molecule has 1 aliphatic rings. The molecule has 2 amide bonds. The van der Waals surface area contributed by atoms with Gasteiger partial charge in [0.25, 0.3) is 5.89 Å². The maximum atomic E-state index is 14.0. The topological polar surface area (TPSA) is 71.3 Å². The first-order valence-corrected chi connectivity index (χ1v) is 10.7. The summed E-state index contributed by atoms with van der Waals surface area (Å²) in [5, 5.41) is 6.89. The molecule has 5 rings (SSSR count). The van der Waals surface area contributed by atoms with Crippen molar-refractivity contribution in [2.24, 2.45) is 0 Å². The minimum absolute atomic E-state index is 0.0971. The molecular weight excluding hydrogens is 457 g/mol. The maximum absolute atomic E-state index is 14.0. The average molecular weight is 476 g/mol. The Bertz CT molecular complexity index is 1460. The molecule has 1 aliphatic heterocycles. The third-order valence-electron chi connectivity index (χ3n) is 5.80. The first-order valence-electron chi connectivity index (χ1n) is 10.7. The van der Waals surface area contributed by atoms with Crippen LogP contribution in [0.15, 0.2) is 77.0 Å². The molecule has 0 saturated heterocycles. The second kappa shape index (κ2) is 8.75. The van der Waals surface area contributed by atoms with E-state index in [0.29, 0.717) is 16.8 Å². The van der Waals surface area contributed by atoms with E-state index in [0.717, 1.165) is 23.3 Å². The molecule has 35 heavy (non-hydrogen) atoms. The zero-order valence-corrected chi connectivity index (χ0v) is 18.7. The van der Waals surface area contributed by atoms with Crippen LogP contribution >= 0.6 is 0 Å². The van der Waals surface area contributed by atoms with Gasteiger partial charge in [0.2, 0.25) is 5.82 Å². The van der Waals surface area contributed by atoms with Crippen molar-refractivity contribution < 1.29 is 22.5 Å². The molecule has 3 aromatic carbocycles. The van der Waals surface area contributed by atoms with Gasteiger partial charge in [0.15, 0.2) is 11.6 Å². The zero-order chi connectivity index (χ0) is 24.7. The number of benzene rings is 3. The van der Waals surface area contributed by atoms with Crippen LogP contribution in [0.3, 0.4) is 0 Å². The Hall–Kier alpha value is -4.40. The van der Waals surface area contributed by atoms with E-state index in [9.17, 15) is 18.0 Å². The Morgan fingerprint density at radius 3 is 2.43 bits per heavy atom. The lowest BCUT2D eigenvalue weighted by atomic mass is 9.94. The van der Waals surface area contributed by atoms with Crippen LogP contribution in [0.2, 0.25) is 0 Å². The van der Waals surface area contributed by atoms with Crippen LogP contribution in [0.1, 0.15) is 30.0 Å². The van der Waals surface area contributed by atoms with Crippen molar-refractivity contribution in [1.82, 2.24) is 15.5 Å². The van der Waals surface area contributed by atoms with Crippen molar-refractivity contribution in [3.8, 4) is 11.4 Å². The molecule has 1 aromatic heterocycles. The number of carbonyl (C=O) groups is 1. The van der Waals surface area contributed by atoms with Crippen LogP contribution < -0.4 is 10.2 Å². The zero-order valence-electron chi connectivity index (χ0n) is 18.7. The van der Waals surface area contributed by atoms with Crippen LogP contribution in [0, 0.1) is 24.4 Å². The van der Waals surface area contributed by atoms with Crippen molar-refractivity contribution in [2.75, 3.05) is 4.90 Å². The molecule has 4 aromatic rings. The van der Waals surface area contributed by atoms with Gasteiger partial charge in [-0.3, -0.25) is 4.90 Å². The summed E-state index contributed by atoms with van der Waals surface area (Å²) >= 11 is 0. The van der Waals surface area contributed by atoms with Gasteiger partial charge in [0.1, 0.15) is 5.82 Å². The van der Waals surface area contributed by atoms with E-state index in [1.165, 1.54) is 29.2 Å². The number of nitrogens with zero attached hydrogens (tertiary/aromatic N) is 3. The first-order chi connectivity index (χ1) is 16.8. The third kappa shape index (κ3) is 4.16. The number of allylic oxidation sites excluding steroid dienone is 1. The second-order valence-corrected chi connectivity index (χ2v) is 8.16. The number of halogens is 3. The van der Waals surface area contributed by atoms with E-state index in [1.54, 1.807) is 13.0 Å². The number of carbonyl (C=O) groups excluding carboxylic acids is 1. The highest BCUT2D eigenvalue weighted by Crippen LogP contribution is 2.39. The summed E-state index contributed by atoms with van der Waals surface area (Å²) in [6.45, 7) is 3.60. The number of urea groups is 1. The van der Waals surface area contributed by atoms with E-state index < -0.39 is 29.5 Å². The summed E-state index contributed by atoms with van der Waals surface area (Å²) in [7, 11) is 0. The Morgan fingerprint density at radius 2 is 1.71 bits per heavy atom. The summed E-state index contributed by atoms with van der Waals surface area (Å²) in [6.07, 6.45) is 0. The lowest BCUT2D eigenvalue weighted by molar-refractivity contribution is 0.244. The Kier molecular flexibility index (Phi) is 5.60. The van der Waals surface area contributed by atoms with E-state index in [1.807, 2.05) is 31.2 Å². The molecule has 0 fully saturated rings. The molecule has 0 radical (unpaired) electrons. The smallest absolute Gasteiger partial charge is 0.327 e. The van der Waals surface area contributed by atoms with Crippen LogP contribution in [-0.2, 0) is 0 Å². The van der Waals surface area contributed by atoms with Gasteiger partial charge in [-0.1, -0.05) is 47.1 Å². The predicted molar refractivity (Wildman–Crippen MR) is 124 cm³/mol. The number of hydrogen-bond donors (Lipinski definition) is 1. The standard InChI is InChI=1S/C26H19F3N4O2/c1-14-6-8-16(9-7-14)23-22(25-31-24(32-35-25)17-4-3-5-18(27)12-17)15(2)33(26(34)30-23)19-10-11-20(28)21(29)13-19/h3-13,23H,1-2H3,(H,30,34). The fraction of sp³-hybridized carbons (Fsp3) is 0.115. The Labute approximate surface area is 198 Å². The SMILES string of the molecule is CC1=C(c2nc(-c3cccc(F)c3)no2)C(c2ccc(C)cc2)NC(=O)N1c1ccc(F)c(F)c1. The monoisotopic (exact) mass is 476 g/mol. The van der Waals surface area contributed by atoms with Gasteiger partial charge >= 0.3 is 6.03 Å². The number of aromatic nitrogens is 2. The number of nitrogens with one attached hydrogen (secondary N) is 1. The largest absolute Gasteiger partial charge is 0.334 e. The number of amides is 2. The van der Waals surface area contributed by atoms with Gasteiger partial charge in [-0.2, -0.15) is 4.98 Å². The summed E-state index contributed by atoms with van der Waals surface area (Å²) < 4.78 is 46.8. The van der Waals surface area contributed by atoms with E-state index in [-0.39, 0.29) is 17.4 Å². The summed E-state index contributed by atoms with van der Waals surface area (Å²) in [6, 6.07) is 15.3. The van der Waals surface area contributed by atoms with Crippen LogP contribution in [0.25, 0.3) is 17.0 Å². The molecule has 0 bridgehead atoms. The number of rotatable bonds is 4. The van der Waals surface area contributed by atoms with Crippen molar-refractivity contribution in [3.05, 3.63) is 107 Å². The van der Waals surface area contributed by atoms with Gasteiger partial charge in [0.05, 0.1) is 17.3 Å². The fourth-order valence-corrected chi connectivity index (χ4v) is 4.04. The molecule has 1 unspecified atom stereocenters. The van der Waals surface area contributed by atoms with Crippen molar-refractivity contribution in [3.63, 3.8) is 0 Å². The molecule has 9 heteroatoms. The van der Waals surface area contributed by atoms with Gasteiger partial charge in [-0.15, -0.1) is 0 Å². The van der Waals surface area contributed by atoms with E-state index >= 15 is 0 Å². The first kappa shape index (κ1) is 22.4. The van der Waals surface area contributed by atoms with Gasteiger partial charge in [-0.05, 0) is 43.7 Å². The van der Waals surface area contributed by atoms with Crippen molar-refractivity contribution in [2.45, 2.75) is 19.9 Å². The minimum atomic E-state index is -1.09. The molecular formula is C26H19F3N4O2. The van der Waals surface area contributed by atoms with Crippen LogP contribution in [0.5, 0.6) is 0 Å². The molecule has 6 nitrogen and oxygen atoms in total. The molecule has 0 aliphatic carbocycles. The number of hydrogen-bond acceptors (Lipinski definition) is 4. The summed E-state index contributed by atoms with van der Waals surface area (Å²) in [4.78, 5) is 18.8. The highest BCUT2D eigenvalue weighted by Gasteiger charge is 2.36. The molecule has 2 heterocycles. The number of aryl methyl sites for hydroxylation is 1. The molecule has 176 valence electrons. The summed E-state index contributed by atoms with van der Waals surface area (Å²) in [5.41, 5.74) is 3.20. The molecule has 1 atom stereocenters. The highest BCUT2D eigenvalue weighted by atomic mass is 19.2. The maximum Gasteiger partial charge on any atom is 0.327 e. The highest BCUT2D eigenvalue weighted by molar-refractivity contribution is 6.01. The Morgan fingerprint density at radius 1 is 0.943 bits per heavy atom. The van der Waals surface area contributed by atoms with Gasteiger partial charge < -0.3 is 9.84 Å². The fourth-order valence-electron chi connectivity index (χ4n) is 4.04. The Balaban J connectivity index is 1.66. The second-order valence-electron chi connectivity index (χ2n) is 8.16. The van der Waals surface area contributed by atoms with E-state index in [2.05, 4.69) is 15.5 Å². The molecule has 0 spiro atoms.